The fourth-order valence-electron chi connectivity index (χ4n) is 0.812. The van der Waals surface area contributed by atoms with Crippen molar-refractivity contribution < 1.29 is 0 Å². The first-order chi connectivity index (χ1) is 5.41. The summed E-state index contributed by atoms with van der Waals surface area (Å²) in [6.07, 6.45) is 10.9. The average Bonchev–Trinajstić information content (AvgIpc) is 2.03. The van der Waals surface area contributed by atoms with E-state index in [1.165, 1.54) is 30.8 Å². The minimum atomic E-state index is 0.944. The van der Waals surface area contributed by atoms with Crippen molar-refractivity contribution in [2.75, 3.05) is 11.5 Å². The third-order valence-electron chi connectivity index (χ3n) is 1.40. The van der Waals surface area contributed by atoms with Gasteiger partial charge >= 0.3 is 0 Å². The average molecular weight is 169 g/mol. The largest absolute Gasteiger partial charge is 0.162 e. The van der Waals surface area contributed by atoms with Gasteiger partial charge in [-0.1, -0.05) is 13.3 Å². The van der Waals surface area contributed by atoms with E-state index in [0.29, 0.717) is 0 Å². The van der Waals surface area contributed by atoms with Crippen LogP contribution in [0.4, 0.5) is 0 Å². The van der Waals surface area contributed by atoms with E-state index in [-0.39, 0.29) is 0 Å². The van der Waals surface area contributed by atoms with E-state index >= 15 is 0 Å². The van der Waals surface area contributed by atoms with Crippen LogP contribution < -0.4 is 0 Å². The molecule has 0 unspecified atom stereocenters. The molecule has 11 heavy (non-hydrogen) atoms. The normalized spacial score (nSPS) is 9.45. The molecule has 0 N–H and O–H groups in total. The number of unbranched alkanes of at least 4 members (excludes halogenated alkanes) is 3. The van der Waals surface area contributed by atoms with Crippen LogP contribution in [0.1, 0.15) is 32.1 Å². The van der Waals surface area contributed by atoms with E-state index < -0.39 is 0 Å². The van der Waals surface area contributed by atoms with Crippen LogP contribution >= 0.6 is 11.8 Å². The van der Waals surface area contributed by atoms with Crippen LogP contribution in [0.3, 0.4) is 0 Å². The van der Waals surface area contributed by atoms with Crippen molar-refractivity contribution in [2.45, 2.75) is 32.1 Å². The molecule has 63 valence electrons. The molecule has 0 amide bonds. The predicted molar refractivity (Wildman–Crippen MR) is 54.6 cm³/mol. The summed E-state index contributed by atoms with van der Waals surface area (Å²) in [6.45, 7) is 3.79. The van der Waals surface area contributed by atoms with E-state index in [1.54, 1.807) is 0 Å². The number of hydrogen-bond donors (Lipinski definition) is 0. The molecule has 0 aromatic heterocycles. The number of hydrogen-bond acceptors (Lipinski definition) is 1. The highest BCUT2D eigenvalue weighted by Gasteiger charge is 1.88. The van der Waals surface area contributed by atoms with Gasteiger partial charge in [-0.25, -0.2) is 0 Å². The maximum atomic E-state index is 5.13. The van der Waals surface area contributed by atoms with Crippen LogP contribution in [0.25, 0.3) is 0 Å². The Morgan fingerprint density at radius 2 is 2.00 bits per heavy atom. The van der Waals surface area contributed by atoms with Crippen molar-refractivity contribution >= 4 is 11.8 Å². The van der Waals surface area contributed by atoms with Gasteiger partial charge in [0.05, 0.1) is 0 Å². The van der Waals surface area contributed by atoms with Gasteiger partial charge in [0.15, 0.2) is 0 Å². The zero-order valence-electron chi connectivity index (χ0n) is 7.14. The summed E-state index contributed by atoms with van der Waals surface area (Å²) in [5.41, 5.74) is 0. The van der Waals surface area contributed by atoms with Gasteiger partial charge in [-0.15, -0.1) is 12.3 Å². The smallest absolute Gasteiger partial charge is 0.00860 e. The molecule has 0 fully saturated rings. The minimum Gasteiger partial charge on any atom is -0.162 e. The summed E-state index contributed by atoms with van der Waals surface area (Å²) < 4.78 is 0. The summed E-state index contributed by atoms with van der Waals surface area (Å²) >= 11 is 2.00. The molecule has 0 aliphatic carbocycles. The second kappa shape index (κ2) is 9.91. The number of rotatable bonds is 7. The van der Waals surface area contributed by atoms with Crippen molar-refractivity contribution in [1.82, 2.24) is 0 Å². The fraction of sp³-hybridized carbons (Fsp3) is 0.700. The molecule has 0 heterocycles. The zero-order valence-corrected chi connectivity index (χ0v) is 7.96. The topological polar surface area (TPSA) is 0 Å². The highest BCUT2D eigenvalue weighted by Crippen LogP contribution is 2.07. The Labute approximate surface area is 75.1 Å². The van der Waals surface area contributed by atoms with Crippen molar-refractivity contribution in [3.63, 3.8) is 0 Å². The SMILES string of the molecule is C#CCCCCCSCC[CH2]. The van der Waals surface area contributed by atoms with Gasteiger partial charge in [-0.3, -0.25) is 0 Å². The molecule has 0 aliphatic rings. The summed E-state index contributed by atoms with van der Waals surface area (Å²) in [7, 11) is 0. The third-order valence-corrected chi connectivity index (χ3v) is 2.55. The molecule has 0 aliphatic heterocycles. The lowest BCUT2D eigenvalue weighted by molar-refractivity contribution is 0.743. The standard InChI is InChI=1S/C10H17S/c1-3-5-6-7-8-10-11-9-4-2/h1H,2,4-10H2. The van der Waals surface area contributed by atoms with E-state index in [0.717, 1.165) is 12.8 Å². The van der Waals surface area contributed by atoms with Crippen LogP contribution in [0.5, 0.6) is 0 Å². The van der Waals surface area contributed by atoms with E-state index in [2.05, 4.69) is 12.8 Å². The molecule has 0 bridgehead atoms. The summed E-state index contributed by atoms with van der Waals surface area (Å²) in [5.74, 6) is 5.13. The summed E-state index contributed by atoms with van der Waals surface area (Å²) in [4.78, 5) is 0. The molecule has 0 nitrogen and oxygen atoms in total. The number of terminal acetylenes is 1. The Morgan fingerprint density at radius 3 is 2.64 bits per heavy atom. The maximum absolute atomic E-state index is 5.13. The monoisotopic (exact) mass is 169 g/mol. The quantitative estimate of drug-likeness (QED) is 0.417. The number of thioether (sulfide) groups is 1. The molecular formula is C10H17S. The molecule has 0 spiro atoms. The van der Waals surface area contributed by atoms with E-state index in [4.69, 9.17) is 6.42 Å². The predicted octanol–water partition coefficient (Wildman–Crippen LogP) is 3.14. The van der Waals surface area contributed by atoms with Crippen LogP contribution in [0.15, 0.2) is 0 Å². The highest BCUT2D eigenvalue weighted by atomic mass is 32.2. The van der Waals surface area contributed by atoms with Gasteiger partial charge in [-0.05, 0) is 30.8 Å². The molecule has 0 saturated heterocycles. The van der Waals surface area contributed by atoms with Gasteiger partial charge in [0.2, 0.25) is 0 Å². The molecular weight excluding hydrogens is 152 g/mol. The molecule has 0 rings (SSSR count). The zero-order chi connectivity index (χ0) is 8.36. The lowest BCUT2D eigenvalue weighted by Crippen LogP contribution is -1.82. The Balaban J connectivity index is 2.75. The maximum Gasteiger partial charge on any atom is 0.00860 e. The lowest BCUT2D eigenvalue weighted by atomic mass is 10.2. The minimum absolute atomic E-state index is 0.944. The van der Waals surface area contributed by atoms with Crippen LogP contribution in [-0.4, -0.2) is 11.5 Å². The fourth-order valence-corrected chi connectivity index (χ4v) is 1.63. The Morgan fingerprint density at radius 1 is 1.18 bits per heavy atom. The highest BCUT2D eigenvalue weighted by molar-refractivity contribution is 7.99. The Hall–Kier alpha value is -0.0900. The lowest BCUT2D eigenvalue weighted by Gasteiger charge is -1.97. The first-order valence-corrected chi connectivity index (χ1v) is 5.37. The molecule has 1 heteroatoms. The van der Waals surface area contributed by atoms with Crippen LogP contribution in [0, 0.1) is 19.3 Å². The van der Waals surface area contributed by atoms with Crippen molar-refractivity contribution in [3.05, 3.63) is 6.92 Å². The first-order valence-electron chi connectivity index (χ1n) is 4.22. The molecule has 0 atom stereocenters. The summed E-state index contributed by atoms with van der Waals surface area (Å²) in [6, 6.07) is 0. The third kappa shape index (κ3) is 9.91. The molecule has 0 saturated carbocycles. The van der Waals surface area contributed by atoms with Gasteiger partial charge < -0.3 is 0 Å². The first kappa shape index (κ1) is 10.9. The van der Waals surface area contributed by atoms with Crippen LogP contribution in [0.2, 0.25) is 0 Å². The van der Waals surface area contributed by atoms with Crippen LogP contribution in [-0.2, 0) is 0 Å². The molecule has 0 aromatic carbocycles. The molecule has 1 radical (unpaired) electrons. The van der Waals surface area contributed by atoms with Crippen molar-refractivity contribution in [1.29, 1.82) is 0 Å². The molecule has 0 aromatic rings. The summed E-state index contributed by atoms with van der Waals surface area (Å²) in [5, 5.41) is 0. The van der Waals surface area contributed by atoms with Gasteiger partial charge in [0, 0.05) is 6.42 Å². The second-order valence-corrected chi connectivity index (χ2v) is 3.71. The van der Waals surface area contributed by atoms with E-state index in [9.17, 15) is 0 Å². The van der Waals surface area contributed by atoms with E-state index in [1.807, 2.05) is 11.8 Å². The van der Waals surface area contributed by atoms with Gasteiger partial charge in [0.1, 0.15) is 0 Å². The van der Waals surface area contributed by atoms with Crippen molar-refractivity contribution in [3.8, 4) is 12.3 Å². The Bertz CT molecular complexity index is 102. The second-order valence-electron chi connectivity index (χ2n) is 2.48. The van der Waals surface area contributed by atoms with Crippen molar-refractivity contribution in [2.24, 2.45) is 0 Å². The van der Waals surface area contributed by atoms with Gasteiger partial charge in [0.25, 0.3) is 0 Å². The Kier molecular flexibility index (Phi) is 9.83. The van der Waals surface area contributed by atoms with Gasteiger partial charge in [-0.2, -0.15) is 11.8 Å².